The molecule has 1 aromatic carbocycles. The van der Waals surface area contributed by atoms with Crippen LogP contribution in [0.3, 0.4) is 0 Å². The molecule has 1 atom stereocenters. The number of hydrogen-bond donors (Lipinski definition) is 3. The van der Waals surface area contributed by atoms with Gasteiger partial charge in [-0.3, -0.25) is 4.79 Å². The van der Waals surface area contributed by atoms with Gasteiger partial charge >= 0.3 is 6.03 Å². The quantitative estimate of drug-likeness (QED) is 0.750. The fourth-order valence-corrected chi connectivity index (χ4v) is 2.52. The van der Waals surface area contributed by atoms with Crippen molar-refractivity contribution in [1.29, 1.82) is 0 Å². The maximum absolute atomic E-state index is 12.8. The lowest BCUT2D eigenvalue weighted by Crippen LogP contribution is -2.43. The van der Waals surface area contributed by atoms with Gasteiger partial charge in [0, 0.05) is 19.6 Å². The van der Waals surface area contributed by atoms with E-state index in [1.807, 2.05) is 0 Å². The first-order valence-corrected chi connectivity index (χ1v) is 7.66. The van der Waals surface area contributed by atoms with Crippen LogP contribution in [-0.4, -0.2) is 43.0 Å². The van der Waals surface area contributed by atoms with Gasteiger partial charge in [-0.15, -0.1) is 0 Å². The molecule has 1 fully saturated rings. The zero-order chi connectivity index (χ0) is 16.9. The highest BCUT2D eigenvalue weighted by molar-refractivity contribution is 5.84. The summed E-state index contributed by atoms with van der Waals surface area (Å²) >= 11 is 0. The zero-order valence-corrected chi connectivity index (χ0v) is 13.3. The molecule has 0 spiro atoms. The van der Waals surface area contributed by atoms with Gasteiger partial charge in [0.15, 0.2) is 0 Å². The normalized spacial score (nSPS) is 20.4. The van der Waals surface area contributed by atoms with Crippen molar-refractivity contribution < 1.29 is 14.0 Å². The van der Waals surface area contributed by atoms with Crippen LogP contribution in [0.25, 0.3) is 0 Å². The Morgan fingerprint density at radius 1 is 1.30 bits per heavy atom. The van der Waals surface area contributed by atoms with Crippen molar-refractivity contribution >= 4 is 11.9 Å². The molecule has 0 bridgehead atoms. The van der Waals surface area contributed by atoms with Crippen LogP contribution < -0.4 is 16.4 Å². The van der Waals surface area contributed by atoms with Gasteiger partial charge in [-0.25, -0.2) is 9.18 Å². The van der Waals surface area contributed by atoms with E-state index in [1.165, 1.54) is 12.1 Å². The summed E-state index contributed by atoms with van der Waals surface area (Å²) < 4.78 is 12.8. The average molecular weight is 322 g/mol. The second kappa shape index (κ2) is 7.41. The largest absolute Gasteiger partial charge is 0.341 e. The van der Waals surface area contributed by atoms with Crippen LogP contribution in [0.1, 0.15) is 18.9 Å². The molecule has 4 N–H and O–H groups in total. The van der Waals surface area contributed by atoms with Gasteiger partial charge in [0.05, 0.1) is 6.54 Å². The minimum atomic E-state index is -0.427. The van der Waals surface area contributed by atoms with Gasteiger partial charge < -0.3 is 21.3 Å². The van der Waals surface area contributed by atoms with Gasteiger partial charge in [0.2, 0.25) is 5.91 Å². The lowest BCUT2D eigenvalue weighted by molar-refractivity contribution is -0.129. The third-order valence-electron chi connectivity index (χ3n) is 4.17. The summed E-state index contributed by atoms with van der Waals surface area (Å²) in [5.41, 5.74) is 6.47. The molecule has 1 aliphatic heterocycles. The van der Waals surface area contributed by atoms with E-state index in [9.17, 15) is 14.0 Å². The molecule has 6 nitrogen and oxygen atoms in total. The number of hydrogen-bond acceptors (Lipinski definition) is 3. The number of nitrogens with zero attached hydrogens (tertiary/aromatic N) is 1. The van der Waals surface area contributed by atoms with Crippen LogP contribution in [0.2, 0.25) is 0 Å². The fraction of sp³-hybridized carbons (Fsp3) is 0.500. The Balaban J connectivity index is 1.70. The van der Waals surface area contributed by atoms with E-state index in [-0.39, 0.29) is 30.2 Å². The monoisotopic (exact) mass is 322 g/mol. The molecule has 3 amide bonds. The Bertz CT molecular complexity index is 564. The van der Waals surface area contributed by atoms with Crippen molar-refractivity contribution in [2.24, 2.45) is 11.1 Å². The lowest BCUT2D eigenvalue weighted by atomic mass is 9.90. The number of carbonyl (C=O) groups is 2. The molecule has 1 aliphatic rings. The maximum atomic E-state index is 12.8. The van der Waals surface area contributed by atoms with E-state index in [2.05, 4.69) is 17.6 Å². The fourth-order valence-electron chi connectivity index (χ4n) is 2.52. The van der Waals surface area contributed by atoms with Crippen LogP contribution in [0, 0.1) is 11.2 Å². The topological polar surface area (TPSA) is 87.5 Å². The van der Waals surface area contributed by atoms with E-state index >= 15 is 0 Å². The standard InChI is InChI=1S/C16H23FN4O2/c1-16(10-18)6-7-21(11-16)14(22)9-20-15(23)19-8-12-2-4-13(17)5-3-12/h2-5H,6-11,18H2,1H3,(H2,19,20,23). The molecule has 1 heterocycles. The van der Waals surface area contributed by atoms with Crippen LogP contribution in [-0.2, 0) is 11.3 Å². The molecular formula is C16H23FN4O2. The summed E-state index contributed by atoms with van der Waals surface area (Å²) in [7, 11) is 0. The molecule has 0 aliphatic carbocycles. The summed E-state index contributed by atoms with van der Waals surface area (Å²) in [5, 5.41) is 5.17. The van der Waals surface area contributed by atoms with Crippen LogP contribution in [0.15, 0.2) is 24.3 Å². The van der Waals surface area contributed by atoms with Gasteiger partial charge in [0.1, 0.15) is 5.82 Å². The van der Waals surface area contributed by atoms with Crippen molar-refractivity contribution in [2.45, 2.75) is 19.9 Å². The number of carbonyl (C=O) groups excluding carboxylic acids is 2. The molecule has 0 saturated carbocycles. The first-order valence-electron chi connectivity index (χ1n) is 7.66. The summed E-state index contributed by atoms with van der Waals surface area (Å²) in [5.74, 6) is -0.432. The number of rotatable bonds is 5. The maximum Gasteiger partial charge on any atom is 0.315 e. The summed E-state index contributed by atoms with van der Waals surface area (Å²) in [4.78, 5) is 25.5. The number of amides is 3. The van der Waals surface area contributed by atoms with E-state index < -0.39 is 6.03 Å². The number of halogens is 1. The van der Waals surface area contributed by atoms with Crippen LogP contribution >= 0.6 is 0 Å². The highest BCUT2D eigenvalue weighted by atomic mass is 19.1. The van der Waals surface area contributed by atoms with Gasteiger partial charge in [-0.1, -0.05) is 19.1 Å². The molecule has 0 radical (unpaired) electrons. The van der Waals surface area contributed by atoms with Crippen LogP contribution in [0.4, 0.5) is 9.18 Å². The first-order chi connectivity index (χ1) is 10.9. The Morgan fingerprint density at radius 3 is 2.61 bits per heavy atom. The molecule has 23 heavy (non-hydrogen) atoms. The second-order valence-corrected chi connectivity index (χ2v) is 6.24. The number of benzene rings is 1. The third-order valence-corrected chi connectivity index (χ3v) is 4.17. The SMILES string of the molecule is CC1(CN)CCN(C(=O)CNC(=O)NCc2ccc(F)cc2)C1. The van der Waals surface area contributed by atoms with Crippen molar-refractivity contribution in [3.63, 3.8) is 0 Å². The minimum absolute atomic E-state index is 0.0273. The second-order valence-electron chi connectivity index (χ2n) is 6.24. The molecular weight excluding hydrogens is 299 g/mol. The molecule has 1 saturated heterocycles. The summed E-state index contributed by atoms with van der Waals surface area (Å²) in [6.07, 6.45) is 0.881. The number of nitrogens with one attached hydrogen (secondary N) is 2. The van der Waals surface area contributed by atoms with Gasteiger partial charge in [-0.2, -0.15) is 0 Å². The predicted molar refractivity (Wildman–Crippen MR) is 85.0 cm³/mol. The van der Waals surface area contributed by atoms with Crippen molar-refractivity contribution in [3.8, 4) is 0 Å². The van der Waals surface area contributed by atoms with Crippen molar-refractivity contribution in [2.75, 3.05) is 26.2 Å². The smallest absolute Gasteiger partial charge is 0.315 e. The number of nitrogens with two attached hydrogens (primary N) is 1. The summed E-state index contributed by atoms with van der Waals surface area (Å²) in [6.45, 7) is 4.13. The highest BCUT2D eigenvalue weighted by Gasteiger charge is 2.34. The number of urea groups is 1. The van der Waals surface area contributed by atoms with Crippen molar-refractivity contribution in [1.82, 2.24) is 15.5 Å². The molecule has 2 rings (SSSR count). The Hall–Kier alpha value is -2.15. The van der Waals surface area contributed by atoms with E-state index in [0.717, 1.165) is 12.0 Å². The zero-order valence-electron chi connectivity index (χ0n) is 13.3. The van der Waals surface area contributed by atoms with Crippen LogP contribution in [0.5, 0.6) is 0 Å². The van der Waals surface area contributed by atoms with Crippen molar-refractivity contribution in [3.05, 3.63) is 35.6 Å². The molecule has 1 aromatic rings. The first kappa shape index (κ1) is 17.2. The Kier molecular flexibility index (Phi) is 5.54. The molecule has 1 unspecified atom stereocenters. The Labute approximate surface area is 135 Å². The lowest BCUT2D eigenvalue weighted by Gasteiger charge is -2.22. The summed E-state index contributed by atoms with van der Waals surface area (Å²) in [6, 6.07) is 5.43. The van der Waals surface area contributed by atoms with E-state index in [0.29, 0.717) is 19.6 Å². The molecule has 126 valence electrons. The highest BCUT2D eigenvalue weighted by Crippen LogP contribution is 2.28. The Morgan fingerprint density at radius 2 is 2.00 bits per heavy atom. The van der Waals surface area contributed by atoms with E-state index in [1.54, 1.807) is 17.0 Å². The average Bonchev–Trinajstić information content (AvgIpc) is 2.95. The van der Waals surface area contributed by atoms with E-state index in [4.69, 9.17) is 5.73 Å². The third kappa shape index (κ3) is 4.92. The minimum Gasteiger partial charge on any atom is -0.341 e. The molecule has 0 aromatic heterocycles. The van der Waals surface area contributed by atoms with Gasteiger partial charge in [-0.05, 0) is 36.1 Å². The van der Waals surface area contributed by atoms with Gasteiger partial charge in [0.25, 0.3) is 0 Å². The number of likely N-dealkylation sites (tertiary alicyclic amines) is 1. The predicted octanol–water partition coefficient (Wildman–Crippen LogP) is 0.822. The molecule has 7 heteroatoms.